The van der Waals surface area contributed by atoms with E-state index in [4.69, 9.17) is 0 Å². The number of hydrogen-bond acceptors (Lipinski definition) is 4. The maximum absolute atomic E-state index is 13.6. The second-order valence-electron chi connectivity index (χ2n) is 6.57. The molecule has 8 heteroatoms. The van der Waals surface area contributed by atoms with Crippen LogP contribution in [-0.2, 0) is 13.5 Å². The summed E-state index contributed by atoms with van der Waals surface area (Å²) in [5.41, 5.74) is 1.93. The SMILES string of the molecule is Cn1c(=O)c2cc(F)ccc2n2cnc(-n3nncc3CC3CC3)c12. The molecule has 1 saturated carbocycles. The smallest absolute Gasteiger partial charge is 0.261 e. The zero-order valence-corrected chi connectivity index (χ0v) is 13.6. The summed E-state index contributed by atoms with van der Waals surface area (Å²) in [6.07, 6.45) is 6.73. The lowest BCUT2D eigenvalue weighted by molar-refractivity contribution is 0.629. The Balaban J connectivity index is 1.81. The standard InChI is InChI=1S/C17H15FN6O/c1-22-16-15(24-12(8-20-21-24)6-10-2-3-10)19-9-23(16)14-5-4-11(18)7-13(14)17(22)25/h4-5,7-10H,2-3,6H2,1H3. The van der Waals surface area contributed by atoms with E-state index in [2.05, 4.69) is 15.3 Å². The summed E-state index contributed by atoms with van der Waals surface area (Å²) in [5, 5.41) is 8.50. The quantitative estimate of drug-likeness (QED) is 0.572. The van der Waals surface area contributed by atoms with Crippen molar-refractivity contribution in [1.29, 1.82) is 0 Å². The molecule has 0 radical (unpaired) electrons. The van der Waals surface area contributed by atoms with Crippen molar-refractivity contribution in [3.8, 4) is 5.82 Å². The lowest BCUT2D eigenvalue weighted by Gasteiger charge is -2.09. The van der Waals surface area contributed by atoms with Crippen molar-refractivity contribution < 1.29 is 4.39 Å². The average Bonchev–Trinajstić information content (AvgIpc) is 3.12. The van der Waals surface area contributed by atoms with Gasteiger partial charge in [-0.25, -0.2) is 9.37 Å². The van der Waals surface area contributed by atoms with E-state index in [0.717, 1.165) is 12.1 Å². The van der Waals surface area contributed by atoms with E-state index in [1.807, 2.05) is 0 Å². The fraction of sp³-hybridized carbons (Fsp3) is 0.294. The van der Waals surface area contributed by atoms with Gasteiger partial charge in [-0.2, -0.15) is 4.68 Å². The fourth-order valence-corrected chi connectivity index (χ4v) is 3.33. The van der Waals surface area contributed by atoms with Gasteiger partial charge in [0.25, 0.3) is 5.56 Å². The van der Waals surface area contributed by atoms with Crippen LogP contribution in [0.2, 0.25) is 0 Å². The van der Waals surface area contributed by atoms with E-state index in [-0.39, 0.29) is 5.56 Å². The van der Waals surface area contributed by atoms with Crippen molar-refractivity contribution in [1.82, 2.24) is 28.9 Å². The minimum absolute atomic E-state index is 0.271. The lowest BCUT2D eigenvalue weighted by Crippen LogP contribution is -2.21. The maximum Gasteiger partial charge on any atom is 0.261 e. The van der Waals surface area contributed by atoms with Crippen LogP contribution in [0.1, 0.15) is 18.5 Å². The lowest BCUT2D eigenvalue weighted by atomic mass is 10.2. The van der Waals surface area contributed by atoms with Crippen LogP contribution in [0.4, 0.5) is 4.39 Å². The van der Waals surface area contributed by atoms with Gasteiger partial charge in [0.15, 0.2) is 11.5 Å². The van der Waals surface area contributed by atoms with E-state index in [9.17, 15) is 9.18 Å². The van der Waals surface area contributed by atoms with Gasteiger partial charge in [0.05, 0.1) is 22.8 Å². The van der Waals surface area contributed by atoms with Crippen molar-refractivity contribution in [2.45, 2.75) is 19.3 Å². The van der Waals surface area contributed by atoms with E-state index in [1.165, 1.54) is 29.5 Å². The number of fused-ring (bicyclic) bond motifs is 3. The van der Waals surface area contributed by atoms with Gasteiger partial charge in [0.1, 0.15) is 12.1 Å². The van der Waals surface area contributed by atoms with Gasteiger partial charge in [-0.1, -0.05) is 5.21 Å². The number of nitrogens with zero attached hydrogens (tertiary/aromatic N) is 6. The molecule has 1 aromatic carbocycles. The Morgan fingerprint density at radius 3 is 2.96 bits per heavy atom. The number of hydrogen-bond donors (Lipinski definition) is 0. The van der Waals surface area contributed by atoms with Gasteiger partial charge in [-0.15, -0.1) is 5.10 Å². The van der Waals surface area contributed by atoms with Crippen LogP contribution in [0.3, 0.4) is 0 Å². The molecule has 4 aromatic rings. The Morgan fingerprint density at radius 1 is 1.32 bits per heavy atom. The summed E-state index contributed by atoms with van der Waals surface area (Å²) in [6.45, 7) is 0. The van der Waals surface area contributed by atoms with Gasteiger partial charge in [-0.05, 0) is 43.4 Å². The van der Waals surface area contributed by atoms with Crippen molar-refractivity contribution in [2.24, 2.45) is 13.0 Å². The van der Waals surface area contributed by atoms with E-state index in [0.29, 0.717) is 28.3 Å². The molecule has 3 aromatic heterocycles. The van der Waals surface area contributed by atoms with Crippen molar-refractivity contribution in [3.63, 3.8) is 0 Å². The highest BCUT2D eigenvalue weighted by atomic mass is 19.1. The molecule has 0 N–H and O–H groups in total. The first-order chi connectivity index (χ1) is 12.1. The summed E-state index contributed by atoms with van der Waals surface area (Å²) in [6, 6.07) is 4.19. The second kappa shape index (κ2) is 4.98. The number of aryl methyl sites for hydroxylation is 1. The van der Waals surface area contributed by atoms with Crippen molar-refractivity contribution in [3.05, 3.63) is 52.6 Å². The van der Waals surface area contributed by atoms with Gasteiger partial charge >= 0.3 is 0 Å². The molecule has 0 amide bonds. The predicted octanol–water partition coefficient (Wildman–Crippen LogP) is 1.86. The molecule has 0 spiro atoms. The second-order valence-corrected chi connectivity index (χ2v) is 6.57. The molecule has 7 nitrogen and oxygen atoms in total. The molecule has 0 unspecified atom stereocenters. The zero-order chi connectivity index (χ0) is 17.1. The van der Waals surface area contributed by atoms with E-state index >= 15 is 0 Å². The van der Waals surface area contributed by atoms with Crippen LogP contribution in [0.5, 0.6) is 0 Å². The van der Waals surface area contributed by atoms with Crippen molar-refractivity contribution in [2.75, 3.05) is 0 Å². The first-order valence-electron chi connectivity index (χ1n) is 8.19. The maximum atomic E-state index is 13.6. The van der Waals surface area contributed by atoms with E-state index < -0.39 is 5.82 Å². The average molecular weight is 338 g/mol. The first-order valence-corrected chi connectivity index (χ1v) is 8.19. The third kappa shape index (κ3) is 2.10. The third-order valence-electron chi connectivity index (χ3n) is 4.81. The fourth-order valence-electron chi connectivity index (χ4n) is 3.33. The minimum atomic E-state index is -0.438. The Morgan fingerprint density at radius 2 is 2.16 bits per heavy atom. The molecule has 1 aliphatic carbocycles. The van der Waals surface area contributed by atoms with E-state index in [1.54, 1.807) is 34.7 Å². The minimum Gasteiger partial charge on any atom is -0.294 e. The van der Waals surface area contributed by atoms with Crippen LogP contribution in [0, 0.1) is 11.7 Å². The molecule has 5 rings (SSSR count). The molecule has 0 aliphatic heterocycles. The zero-order valence-electron chi connectivity index (χ0n) is 13.6. The summed E-state index contributed by atoms with van der Waals surface area (Å²) < 4.78 is 18.5. The van der Waals surface area contributed by atoms with Gasteiger partial charge in [0, 0.05) is 7.05 Å². The molecule has 0 saturated heterocycles. The topological polar surface area (TPSA) is 70.0 Å². The molecular formula is C17H15FN6O. The summed E-state index contributed by atoms with van der Waals surface area (Å²) >= 11 is 0. The summed E-state index contributed by atoms with van der Waals surface area (Å²) in [4.78, 5) is 17.2. The number of imidazole rings is 1. The van der Waals surface area contributed by atoms with Crippen LogP contribution >= 0.6 is 0 Å². The Bertz CT molecular complexity index is 1180. The predicted molar refractivity (Wildman–Crippen MR) is 89.2 cm³/mol. The molecule has 0 bridgehead atoms. The van der Waals surface area contributed by atoms with Crippen LogP contribution < -0.4 is 5.56 Å². The summed E-state index contributed by atoms with van der Waals surface area (Å²) in [7, 11) is 1.66. The molecule has 126 valence electrons. The van der Waals surface area contributed by atoms with Crippen LogP contribution in [0.25, 0.3) is 22.4 Å². The molecule has 1 aliphatic rings. The largest absolute Gasteiger partial charge is 0.294 e. The van der Waals surface area contributed by atoms with Crippen LogP contribution in [-0.4, -0.2) is 28.9 Å². The van der Waals surface area contributed by atoms with Gasteiger partial charge in [0.2, 0.25) is 0 Å². The molecule has 3 heterocycles. The molecular weight excluding hydrogens is 323 g/mol. The number of rotatable bonds is 3. The van der Waals surface area contributed by atoms with Gasteiger partial charge < -0.3 is 0 Å². The molecule has 25 heavy (non-hydrogen) atoms. The number of halogens is 1. The third-order valence-corrected chi connectivity index (χ3v) is 4.81. The Labute approximate surface area is 141 Å². The molecule has 1 fully saturated rings. The highest BCUT2D eigenvalue weighted by Gasteiger charge is 2.25. The Hall–Kier alpha value is -3.03. The van der Waals surface area contributed by atoms with Gasteiger partial charge in [-0.3, -0.25) is 13.8 Å². The molecule has 0 atom stereocenters. The normalized spacial score (nSPS) is 14.6. The highest BCUT2D eigenvalue weighted by Crippen LogP contribution is 2.33. The Kier molecular flexibility index (Phi) is 2.85. The summed E-state index contributed by atoms with van der Waals surface area (Å²) in [5.74, 6) is 0.796. The van der Waals surface area contributed by atoms with Crippen LogP contribution in [0.15, 0.2) is 35.5 Å². The number of benzene rings is 1. The van der Waals surface area contributed by atoms with Crippen molar-refractivity contribution >= 4 is 16.6 Å². The highest BCUT2D eigenvalue weighted by molar-refractivity contribution is 5.82. The monoisotopic (exact) mass is 338 g/mol. The number of aromatic nitrogens is 6. The first kappa shape index (κ1) is 14.3.